The van der Waals surface area contributed by atoms with Crippen LogP contribution in [0.2, 0.25) is 0 Å². The molecule has 1 heterocycles. The van der Waals surface area contributed by atoms with E-state index in [1.807, 2.05) is 0 Å². The molecule has 0 radical (unpaired) electrons. The molecule has 0 aliphatic carbocycles. The summed E-state index contributed by atoms with van der Waals surface area (Å²) in [5, 5.41) is 6.70. The fourth-order valence-corrected chi connectivity index (χ4v) is 2.43. The number of amides is 1. The van der Waals surface area contributed by atoms with Gasteiger partial charge in [0.1, 0.15) is 12.7 Å². The number of hydrogen-bond acceptors (Lipinski definition) is 5. The van der Waals surface area contributed by atoms with E-state index in [4.69, 9.17) is 4.74 Å². The maximum atomic E-state index is 12.6. The van der Waals surface area contributed by atoms with E-state index in [1.54, 1.807) is 41.3 Å². The molecule has 0 spiro atoms. The van der Waals surface area contributed by atoms with Gasteiger partial charge in [0.2, 0.25) is 5.91 Å². The van der Waals surface area contributed by atoms with Crippen LogP contribution in [0, 0.1) is 0 Å². The Kier molecular flexibility index (Phi) is 5.95. The van der Waals surface area contributed by atoms with E-state index in [0.29, 0.717) is 5.69 Å². The van der Waals surface area contributed by atoms with Crippen molar-refractivity contribution >= 4 is 17.7 Å². The van der Waals surface area contributed by atoms with Gasteiger partial charge in [-0.3, -0.25) is 4.79 Å². The molecule has 0 unspecified atom stereocenters. The third-order valence-corrected chi connectivity index (χ3v) is 3.67. The zero-order valence-corrected chi connectivity index (χ0v) is 14.8. The summed E-state index contributed by atoms with van der Waals surface area (Å²) in [6, 6.07) is 11.6. The van der Waals surface area contributed by atoms with Gasteiger partial charge in [-0.1, -0.05) is 12.1 Å². The second kappa shape index (κ2) is 8.76. The highest BCUT2D eigenvalue weighted by Gasteiger charge is 2.14. The van der Waals surface area contributed by atoms with Crippen LogP contribution in [0.5, 0.6) is 11.5 Å². The van der Waals surface area contributed by atoms with Crippen LogP contribution in [-0.4, -0.2) is 34.4 Å². The number of carbonyl (C=O) groups excluding carboxylic acids is 1. The molecule has 0 aliphatic rings. The summed E-state index contributed by atoms with van der Waals surface area (Å²) in [6.07, 6.45) is 5.58. The molecule has 144 valence electrons. The van der Waals surface area contributed by atoms with E-state index in [1.165, 1.54) is 37.7 Å². The van der Waals surface area contributed by atoms with E-state index in [9.17, 15) is 13.6 Å². The van der Waals surface area contributed by atoms with Gasteiger partial charge in [0.05, 0.1) is 12.8 Å². The van der Waals surface area contributed by atoms with Crippen molar-refractivity contribution in [3.8, 4) is 17.2 Å². The summed E-state index contributed by atoms with van der Waals surface area (Å²) in [6.45, 7) is -3.01. The fraction of sp³-hybridized carbons (Fsp3) is 0.105. The Balaban J connectivity index is 1.70. The summed E-state index contributed by atoms with van der Waals surface area (Å²) in [7, 11) is 1.34. The number of para-hydroxylation sites is 1. The summed E-state index contributed by atoms with van der Waals surface area (Å²) in [5.74, 6) is -0.424. The van der Waals surface area contributed by atoms with E-state index in [0.717, 1.165) is 5.69 Å². The lowest BCUT2D eigenvalue weighted by atomic mass is 10.1. The number of nitrogens with one attached hydrogen (secondary N) is 1. The largest absolute Gasteiger partial charge is 0.493 e. The predicted molar refractivity (Wildman–Crippen MR) is 98.6 cm³/mol. The van der Waals surface area contributed by atoms with Crippen LogP contribution in [0.25, 0.3) is 11.8 Å². The van der Waals surface area contributed by atoms with Crippen LogP contribution < -0.4 is 14.8 Å². The van der Waals surface area contributed by atoms with Gasteiger partial charge in [-0.25, -0.2) is 9.67 Å². The summed E-state index contributed by atoms with van der Waals surface area (Å²) >= 11 is 0. The molecule has 28 heavy (non-hydrogen) atoms. The first-order valence-electron chi connectivity index (χ1n) is 8.13. The second-order valence-corrected chi connectivity index (χ2v) is 5.47. The van der Waals surface area contributed by atoms with E-state index >= 15 is 0 Å². The number of rotatable bonds is 7. The first-order valence-corrected chi connectivity index (χ1v) is 8.13. The number of nitrogens with zero attached hydrogens (tertiary/aromatic N) is 3. The lowest BCUT2D eigenvalue weighted by Crippen LogP contribution is -2.08. The number of alkyl halides is 2. The number of carbonyl (C=O) groups is 1. The molecule has 2 aromatic carbocycles. The predicted octanol–water partition coefficient (Wildman–Crippen LogP) is 3.53. The molecule has 3 aromatic rings. The highest BCUT2D eigenvalue weighted by atomic mass is 19.3. The highest BCUT2D eigenvalue weighted by Crippen LogP contribution is 2.33. The lowest BCUT2D eigenvalue weighted by Gasteiger charge is -2.12. The minimum atomic E-state index is -3.01. The molecule has 1 amide bonds. The Labute approximate surface area is 159 Å². The number of ether oxygens (including phenoxy) is 2. The van der Waals surface area contributed by atoms with Crippen molar-refractivity contribution in [2.45, 2.75) is 6.61 Å². The number of methoxy groups -OCH3 is 1. The van der Waals surface area contributed by atoms with Crippen LogP contribution >= 0.6 is 0 Å². The molecule has 0 aliphatic heterocycles. The van der Waals surface area contributed by atoms with Crippen molar-refractivity contribution in [1.82, 2.24) is 14.8 Å². The number of hydrogen-bond donors (Lipinski definition) is 1. The molecule has 1 aromatic heterocycles. The van der Waals surface area contributed by atoms with Gasteiger partial charge in [-0.05, 0) is 36.4 Å². The molecular formula is C19H16F2N4O3. The Morgan fingerprint density at radius 1 is 1.21 bits per heavy atom. The number of anilines is 1. The monoisotopic (exact) mass is 386 g/mol. The van der Waals surface area contributed by atoms with Gasteiger partial charge in [0.25, 0.3) is 0 Å². The molecule has 0 fully saturated rings. The average Bonchev–Trinajstić information content (AvgIpc) is 3.22. The van der Waals surface area contributed by atoms with Gasteiger partial charge >= 0.3 is 6.61 Å². The Hall–Kier alpha value is -3.75. The van der Waals surface area contributed by atoms with Gasteiger partial charge in [0.15, 0.2) is 11.5 Å². The molecule has 0 saturated carbocycles. The number of halogens is 2. The van der Waals surface area contributed by atoms with Crippen LogP contribution in [0.1, 0.15) is 5.56 Å². The fourth-order valence-electron chi connectivity index (χ4n) is 2.43. The maximum absolute atomic E-state index is 12.6. The van der Waals surface area contributed by atoms with Crippen molar-refractivity contribution in [3.05, 3.63) is 66.8 Å². The Morgan fingerprint density at radius 3 is 2.64 bits per heavy atom. The molecule has 0 saturated heterocycles. The quantitative estimate of drug-likeness (QED) is 0.629. The molecular weight excluding hydrogens is 370 g/mol. The van der Waals surface area contributed by atoms with E-state index in [-0.39, 0.29) is 17.1 Å². The first kappa shape index (κ1) is 19.0. The zero-order valence-electron chi connectivity index (χ0n) is 14.8. The Morgan fingerprint density at radius 2 is 2.00 bits per heavy atom. The van der Waals surface area contributed by atoms with E-state index < -0.39 is 12.5 Å². The molecule has 0 bridgehead atoms. The van der Waals surface area contributed by atoms with Crippen LogP contribution in [0.4, 0.5) is 14.5 Å². The van der Waals surface area contributed by atoms with Crippen molar-refractivity contribution in [2.75, 3.05) is 12.4 Å². The average molecular weight is 386 g/mol. The summed E-state index contributed by atoms with van der Waals surface area (Å²) in [4.78, 5) is 16.0. The van der Waals surface area contributed by atoms with Gasteiger partial charge in [-0.15, -0.1) is 0 Å². The van der Waals surface area contributed by atoms with Gasteiger partial charge in [-0.2, -0.15) is 13.9 Å². The highest BCUT2D eigenvalue weighted by molar-refractivity contribution is 6.02. The van der Waals surface area contributed by atoms with Crippen LogP contribution in [-0.2, 0) is 4.79 Å². The second-order valence-electron chi connectivity index (χ2n) is 5.47. The van der Waals surface area contributed by atoms with Crippen LogP contribution in [0.3, 0.4) is 0 Å². The smallest absolute Gasteiger partial charge is 0.387 e. The molecule has 0 atom stereocenters. The molecule has 7 nitrogen and oxygen atoms in total. The number of benzene rings is 2. The van der Waals surface area contributed by atoms with Gasteiger partial charge in [0, 0.05) is 17.3 Å². The SMILES string of the molecule is COc1cccc(/C=C/C(=O)Nc2ccc(-n3cncn3)cc2)c1OC(F)F. The molecule has 1 N–H and O–H groups in total. The topological polar surface area (TPSA) is 78.3 Å². The van der Waals surface area contributed by atoms with Crippen LogP contribution in [0.15, 0.2) is 61.2 Å². The van der Waals surface area contributed by atoms with Crippen molar-refractivity contribution in [3.63, 3.8) is 0 Å². The van der Waals surface area contributed by atoms with Crippen molar-refractivity contribution in [2.24, 2.45) is 0 Å². The minimum absolute atomic E-state index is 0.138. The zero-order chi connectivity index (χ0) is 19.9. The third-order valence-electron chi connectivity index (χ3n) is 3.67. The number of aromatic nitrogens is 3. The summed E-state index contributed by atoms with van der Waals surface area (Å²) < 4.78 is 36.4. The maximum Gasteiger partial charge on any atom is 0.387 e. The molecule has 3 rings (SSSR count). The minimum Gasteiger partial charge on any atom is -0.493 e. The molecule has 9 heteroatoms. The van der Waals surface area contributed by atoms with Gasteiger partial charge < -0.3 is 14.8 Å². The van der Waals surface area contributed by atoms with Crippen molar-refractivity contribution in [1.29, 1.82) is 0 Å². The van der Waals surface area contributed by atoms with E-state index in [2.05, 4.69) is 20.1 Å². The first-order chi connectivity index (χ1) is 13.6. The third kappa shape index (κ3) is 4.70. The lowest BCUT2D eigenvalue weighted by molar-refractivity contribution is -0.111. The standard InChI is InChI=1S/C19H16F2N4O3/c1-27-16-4-2-3-13(18(16)28-19(20)21)5-10-17(26)24-14-6-8-15(9-7-14)25-12-22-11-23-25/h2-12,19H,1H3,(H,24,26)/b10-5+. The Bertz CT molecular complexity index is 958. The van der Waals surface area contributed by atoms with Crippen molar-refractivity contribution < 1.29 is 23.0 Å². The summed E-state index contributed by atoms with van der Waals surface area (Å²) in [5.41, 5.74) is 1.64. The normalized spacial score (nSPS) is 11.0.